The molecule has 0 amide bonds. The standard InChI is InChI=1S/C10H10BrO4P/c11-9-4-8-6(5-16(13,14)15)2-1-3-7(8)10(9)12/h1-3,9H,4-5H2,(H2,13,14,15)/p-2. The van der Waals surface area contributed by atoms with Gasteiger partial charge in [-0.1, -0.05) is 41.7 Å². The van der Waals surface area contributed by atoms with E-state index in [1.54, 1.807) is 18.2 Å². The Kier molecular flexibility index (Phi) is 3.05. The lowest BCUT2D eigenvalue weighted by Crippen LogP contribution is -2.16. The van der Waals surface area contributed by atoms with Crippen LogP contribution in [-0.2, 0) is 17.1 Å². The van der Waals surface area contributed by atoms with E-state index in [1.807, 2.05) is 0 Å². The number of carbonyl (C=O) groups is 1. The van der Waals surface area contributed by atoms with Gasteiger partial charge in [-0.2, -0.15) is 0 Å². The van der Waals surface area contributed by atoms with Crippen molar-refractivity contribution in [1.82, 2.24) is 0 Å². The van der Waals surface area contributed by atoms with Crippen LogP contribution in [0.5, 0.6) is 0 Å². The second-order valence-electron chi connectivity index (χ2n) is 3.75. The average Bonchev–Trinajstić information content (AvgIpc) is 2.43. The maximum Gasteiger partial charge on any atom is 0.177 e. The topological polar surface area (TPSA) is 80.3 Å². The largest absolute Gasteiger partial charge is 0.810 e. The maximum atomic E-state index is 11.6. The molecule has 0 saturated carbocycles. The van der Waals surface area contributed by atoms with E-state index in [0.717, 1.165) is 0 Å². The molecule has 1 aromatic carbocycles. The van der Waals surface area contributed by atoms with Gasteiger partial charge in [-0.05, 0) is 17.5 Å². The lowest BCUT2D eigenvalue weighted by molar-refractivity contribution is -0.314. The monoisotopic (exact) mass is 302 g/mol. The van der Waals surface area contributed by atoms with Crippen LogP contribution in [0.2, 0.25) is 0 Å². The second-order valence-corrected chi connectivity index (χ2v) is 6.39. The lowest BCUT2D eigenvalue weighted by Gasteiger charge is -2.30. The van der Waals surface area contributed by atoms with Gasteiger partial charge in [0.15, 0.2) is 5.78 Å². The summed E-state index contributed by atoms with van der Waals surface area (Å²) in [7, 11) is -4.59. The summed E-state index contributed by atoms with van der Waals surface area (Å²) < 4.78 is 10.7. The molecule has 0 spiro atoms. The summed E-state index contributed by atoms with van der Waals surface area (Å²) in [4.78, 5) is 32.8. The molecule has 16 heavy (non-hydrogen) atoms. The van der Waals surface area contributed by atoms with Crippen LogP contribution < -0.4 is 9.79 Å². The molecular formula is C10H8BrO4P-2. The Labute approximate surface area is 101 Å². The van der Waals surface area contributed by atoms with Crippen molar-refractivity contribution >= 4 is 29.3 Å². The number of hydrogen-bond donors (Lipinski definition) is 0. The number of carbonyl (C=O) groups excluding carboxylic acids is 1. The first-order valence-corrected chi connectivity index (χ1v) is 7.33. The van der Waals surface area contributed by atoms with Crippen molar-refractivity contribution < 1.29 is 19.1 Å². The van der Waals surface area contributed by atoms with E-state index in [2.05, 4.69) is 15.9 Å². The second kappa shape index (κ2) is 4.08. The fraction of sp³-hybridized carbons (Fsp3) is 0.300. The lowest BCUT2D eigenvalue weighted by atomic mass is 10.0. The fourth-order valence-corrected chi connectivity index (χ4v) is 3.19. The summed E-state index contributed by atoms with van der Waals surface area (Å²) in [5.41, 5.74) is 1.65. The molecule has 0 aromatic heterocycles. The van der Waals surface area contributed by atoms with Crippen LogP contribution in [0.3, 0.4) is 0 Å². The van der Waals surface area contributed by atoms with Crippen molar-refractivity contribution in [2.75, 3.05) is 0 Å². The first-order chi connectivity index (χ1) is 7.38. The number of fused-ring (bicyclic) bond motifs is 1. The smallest absolute Gasteiger partial charge is 0.177 e. The minimum absolute atomic E-state index is 0.0523. The Hall–Kier alpha value is -0.480. The van der Waals surface area contributed by atoms with Gasteiger partial charge in [-0.15, -0.1) is 0 Å². The molecule has 0 N–H and O–H groups in total. The van der Waals surface area contributed by atoms with Crippen molar-refractivity contribution in [2.24, 2.45) is 0 Å². The van der Waals surface area contributed by atoms with Crippen LogP contribution in [0.1, 0.15) is 21.5 Å². The summed E-state index contributed by atoms with van der Waals surface area (Å²) in [6, 6.07) is 4.84. The van der Waals surface area contributed by atoms with Crippen molar-refractivity contribution in [3.05, 3.63) is 34.9 Å². The number of Topliss-reactive ketones (excluding diaryl/α,β-unsaturated/α-hetero) is 1. The zero-order valence-electron chi connectivity index (χ0n) is 8.18. The summed E-state index contributed by atoms with van der Waals surface area (Å²) in [5, 5.41) is 0. The van der Waals surface area contributed by atoms with Crippen molar-refractivity contribution in [3.8, 4) is 0 Å². The highest BCUT2D eigenvalue weighted by molar-refractivity contribution is 9.10. The number of benzene rings is 1. The fourth-order valence-electron chi connectivity index (χ4n) is 1.90. The molecule has 1 unspecified atom stereocenters. The Balaban J connectivity index is 2.44. The number of alkyl halides is 1. The number of halogens is 1. The molecule has 1 aromatic rings. The summed E-state index contributed by atoms with van der Waals surface area (Å²) in [5.74, 6) is -0.0523. The molecule has 2 rings (SSSR count). The maximum absolute atomic E-state index is 11.6. The predicted octanol–water partition coefficient (Wildman–Crippen LogP) is 0.603. The number of ketones is 1. The molecule has 0 fully saturated rings. The Bertz CT molecular complexity index is 494. The summed E-state index contributed by atoms with van der Waals surface area (Å²) in [6.45, 7) is 0. The van der Waals surface area contributed by atoms with E-state index in [1.165, 1.54) is 0 Å². The third kappa shape index (κ3) is 2.28. The van der Waals surface area contributed by atoms with E-state index in [9.17, 15) is 19.1 Å². The highest BCUT2D eigenvalue weighted by Crippen LogP contribution is 2.36. The highest BCUT2D eigenvalue weighted by Gasteiger charge is 2.29. The normalized spacial score (nSPS) is 19.9. The third-order valence-corrected chi connectivity index (χ3v) is 4.04. The van der Waals surface area contributed by atoms with Gasteiger partial charge in [-0.3, -0.25) is 4.79 Å². The van der Waals surface area contributed by atoms with E-state index >= 15 is 0 Å². The van der Waals surface area contributed by atoms with Crippen LogP contribution in [-0.4, -0.2) is 10.6 Å². The van der Waals surface area contributed by atoms with Gasteiger partial charge in [0.05, 0.1) is 4.83 Å². The van der Waals surface area contributed by atoms with E-state index in [0.29, 0.717) is 23.1 Å². The van der Waals surface area contributed by atoms with Gasteiger partial charge in [-0.25, -0.2) is 0 Å². The van der Waals surface area contributed by atoms with Gasteiger partial charge in [0.2, 0.25) is 0 Å². The van der Waals surface area contributed by atoms with Gasteiger partial charge in [0.25, 0.3) is 0 Å². The van der Waals surface area contributed by atoms with Crippen molar-refractivity contribution in [2.45, 2.75) is 17.4 Å². The van der Waals surface area contributed by atoms with Crippen LogP contribution in [0.15, 0.2) is 18.2 Å². The third-order valence-electron chi connectivity index (χ3n) is 2.57. The quantitative estimate of drug-likeness (QED) is 0.592. The van der Waals surface area contributed by atoms with Crippen molar-refractivity contribution in [1.29, 1.82) is 0 Å². The zero-order chi connectivity index (χ0) is 11.9. The number of rotatable bonds is 2. The Morgan fingerprint density at radius 3 is 2.75 bits per heavy atom. The molecule has 4 nitrogen and oxygen atoms in total. The molecule has 1 aliphatic carbocycles. The summed E-state index contributed by atoms with van der Waals surface area (Å²) >= 11 is 3.22. The molecule has 6 heteroatoms. The molecule has 0 heterocycles. The zero-order valence-corrected chi connectivity index (χ0v) is 10.7. The SMILES string of the molecule is O=C1c2cccc(CP(=O)([O-])[O-])c2CC1Br. The Morgan fingerprint density at radius 1 is 1.44 bits per heavy atom. The molecule has 0 aliphatic heterocycles. The molecule has 0 radical (unpaired) electrons. The van der Waals surface area contributed by atoms with Gasteiger partial charge in [0.1, 0.15) is 0 Å². The molecular weight excluding hydrogens is 295 g/mol. The average molecular weight is 303 g/mol. The molecule has 1 aliphatic rings. The van der Waals surface area contributed by atoms with Crippen LogP contribution in [0.25, 0.3) is 0 Å². The van der Waals surface area contributed by atoms with Crippen molar-refractivity contribution in [3.63, 3.8) is 0 Å². The van der Waals surface area contributed by atoms with Gasteiger partial charge in [0, 0.05) is 11.7 Å². The summed E-state index contributed by atoms with van der Waals surface area (Å²) in [6.07, 6.45) is -0.0759. The van der Waals surface area contributed by atoms with Gasteiger partial charge < -0.3 is 14.4 Å². The first-order valence-electron chi connectivity index (χ1n) is 4.68. The molecule has 0 saturated heterocycles. The van der Waals surface area contributed by atoms with Crippen LogP contribution >= 0.6 is 23.5 Å². The minimum Gasteiger partial charge on any atom is -0.810 e. The Morgan fingerprint density at radius 2 is 2.12 bits per heavy atom. The molecule has 86 valence electrons. The van der Waals surface area contributed by atoms with E-state index in [-0.39, 0.29) is 10.6 Å². The van der Waals surface area contributed by atoms with E-state index < -0.39 is 13.8 Å². The van der Waals surface area contributed by atoms with E-state index in [4.69, 9.17) is 0 Å². The van der Waals surface area contributed by atoms with Crippen LogP contribution in [0.4, 0.5) is 0 Å². The van der Waals surface area contributed by atoms with Gasteiger partial charge >= 0.3 is 0 Å². The molecule has 1 atom stereocenters. The number of hydrogen-bond acceptors (Lipinski definition) is 4. The van der Waals surface area contributed by atoms with Crippen LogP contribution in [0, 0.1) is 0 Å². The predicted molar refractivity (Wildman–Crippen MR) is 58.5 cm³/mol. The minimum atomic E-state index is -4.59. The molecule has 0 bridgehead atoms. The highest BCUT2D eigenvalue weighted by atomic mass is 79.9. The first kappa shape index (κ1) is 12.0.